The Morgan fingerprint density at radius 1 is 1.04 bits per heavy atom. The number of hydrogen-bond donors (Lipinski definition) is 1. The lowest BCUT2D eigenvalue weighted by atomic mass is 10.1. The zero-order valence-corrected chi connectivity index (χ0v) is 16.5. The number of ketones is 1. The van der Waals surface area contributed by atoms with Crippen LogP contribution in [-0.4, -0.2) is 61.4 Å². The third-order valence-corrected chi connectivity index (χ3v) is 5.07. The van der Waals surface area contributed by atoms with Crippen LogP contribution in [0, 0.1) is 0 Å². The van der Waals surface area contributed by atoms with Crippen LogP contribution in [0.25, 0.3) is 0 Å². The molecule has 2 amide bonds. The first-order chi connectivity index (χ1) is 13.6. The Morgan fingerprint density at radius 2 is 1.79 bits per heavy atom. The summed E-state index contributed by atoms with van der Waals surface area (Å²) < 4.78 is 5.41. The van der Waals surface area contributed by atoms with Crippen molar-refractivity contribution in [3.05, 3.63) is 59.7 Å². The summed E-state index contributed by atoms with van der Waals surface area (Å²) in [7, 11) is 1.70. The van der Waals surface area contributed by atoms with Gasteiger partial charge in [-0.25, -0.2) is 4.79 Å². The molecule has 0 atom stereocenters. The molecular weight excluding hydrogens is 354 g/mol. The number of carbonyl (C=O) groups is 2. The monoisotopic (exact) mass is 381 g/mol. The van der Waals surface area contributed by atoms with Crippen LogP contribution in [-0.2, 0) is 6.42 Å². The van der Waals surface area contributed by atoms with Gasteiger partial charge in [0.1, 0.15) is 5.75 Å². The van der Waals surface area contributed by atoms with Gasteiger partial charge in [-0.1, -0.05) is 30.3 Å². The number of ether oxygens (including phenoxy) is 1. The lowest BCUT2D eigenvalue weighted by molar-refractivity contribution is 0.101. The van der Waals surface area contributed by atoms with E-state index in [0.29, 0.717) is 24.3 Å². The molecule has 3 rings (SSSR count). The Bertz CT molecular complexity index is 829. The second-order valence-corrected chi connectivity index (χ2v) is 6.96. The minimum absolute atomic E-state index is 0.0141. The van der Waals surface area contributed by atoms with Gasteiger partial charge in [0, 0.05) is 44.0 Å². The fourth-order valence-corrected chi connectivity index (χ4v) is 3.38. The number of methoxy groups -OCH3 is 1. The van der Waals surface area contributed by atoms with E-state index >= 15 is 0 Å². The Kier molecular flexibility index (Phi) is 6.66. The number of anilines is 1. The molecule has 0 bridgehead atoms. The third kappa shape index (κ3) is 5.10. The summed E-state index contributed by atoms with van der Waals surface area (Å²) in [6.07, 6.45) is 0.925. The molecule has 1 N–H and O–H groups in total. The molecule has 6 nitrogen and oxygen atoms in total. The van der Waals surface area contributed by atoms with E-state index in [-0.39, 0.29) is 11.8 Å². The highest BCUT2D eigenvalue weighted by molar-refractivity contribution is 5.96. The van der Waals surface area contributed by atoms with E-state index in [0.717, 1.165) is 31.8 Å². The number of nitrogens with one attached hydrogen (secondary N) is 1. The first-order valence-corrected chi connectivity index (χ1v) is 9.58. The highest BCUT2D eigenvalue weighted by Gasteiger charge is 2.21. The summed E-state index contributed by atoms with van der Waals surface area (Å²) in [4.78, 5) is 28.2. The van der Waals surface area contributed by atoms with Gasteiger partial charge in [-0.15, -0.1) is 0 Å². The maximum Gasteiger partial charge on any atom is 0.321 e. The lowest BCUT2D eigenvalue weighted by Gasteiger charge is -2.34. The van der Waals surface area contributed by atoms with Gasteiger partial charge in [-0.3, -0.25) is 9.69 Å². The topological polar surface area (TPSA) is 61.9 Å². The van der Waals surface area contributed by atoms with Crippen molar-refractivity contribution >= 4 is 17.5 Å². The van der Waals surface area contributed by atoms with E-state index in [1.54, 1.807) is 31.4 Å². The van der Waals surface area contributed by atoms with Crippen LogP contribution in [0.1, 0.15) is 22.8 Å². The van der Waals surface area contributed by atoms with Crippen LogP contribution < -0.4 is 10.1 Å². The fraction of sp³-hybridized carbons (Fsp3) is 0.364. The zero-order chi connectivity index (χ0) is 19.9. The normalized spacial score (nSPS) is 14.6. The summed E-state index contributed by atoms with van der Waals surface area (Å²) in [6, 6.07) is 15.0. The predicted octanol–water partition coefficient (Wildman–Crippen LogP) is 3.29. The SMILES string of the molecule is COc1ccccc1CCN1CCN(C(=O)Nc2cccc(C(C)=O)c2)CC1. The second-order valence-electron chi connectivity index (χ2n) is 6.96. The second kappa shape index (κ2) is 9.37. The largest absolute Gasteiger partial charge is 0.496 e. The minimum Gasteiger partial charge on any atom is -0.496 e. The molecule has 2 aromatic rings. The first kappa shape index (κ1) is 19.9. The van der Waals surface area contributed by atoms with E-state index in [1.807, 2.05) is 23.1 Å². The summed E-state index contributed by atoms with van der Waals surface area (Å²) in [5, 5.41) is 2.89. The van der Waals surface area contributed by atoms with Crippen molar-refractivity contribution in [1.82, 2.24) is 9.80 Å². The quantitative estimate of drug-likeness (QED) is 0.780. The molecule has 148 valence electrons. The molecule has 0 aliphatic carbocycles. The summed E-state index contributed by atoms with van der Waals surface area (Å²) in [5.41, 5.74) is 2.45. The van der Waals surface area contributed by atoms with E-state index in [2.05, 4.69) is 16.3 Å². The number of piperazine rings is 1. The van der Waals surface area contributed by atoms with E-state index in [1.165, 1.54) is 12.5 Å². The van der Waals surface area contributed by atoms with Crippen LogP contribution in [0.5, 0.6) is 5.75 Å². The summed E-state index contributed by atoms with van der Waals surface area (Å²) >= 11 is 0. The van der Waals surface area contributed by atoms with E-state index in [9.17, 15) is 9.59 Å². The molecule has 1 heterocycles. The molecule has 1 fully saturated rings. The number of amides is 2. The number of carbonyl (C=O) groups excluding carboxylic acids is 2. The van der Waals surface area contributed by atoms with Gasteiger partial charge in [0.15, 0.2) is 5.78 Å². The number of rotatable bonds is 6. The maximum absolute atomic E-state index is 12.5. The van der Waals surface area contributed by atoms with E-state index in [4.69, 9.17) is 4.74 Å². The Hall–Kier alpha value is -2.86. The molecule has 1 aliphatic heterocycles. The maximum atomic E-state index is 12.5. The Labute approximate surface area is 166 Å². The van der Waals surface area contributed by atoms with Crippen LogP contribution in [0.4, 0.5) is 10.5 Å². The number of Topliss-reactive ketones (excluding diaryl/α,β-unsaturated/α-hetero) is 1. The van der Waals surface area contributed by atoms with E-state index < -0.39 is 0 Å². The standard InChI is InChI=1S/C22H27N3O3/c1-17(26)19-7-5-8-20(16-19)23-22(27)25-14-12-24(13-15-25)11-10-18-6-3-4-9-21(18)28-2/h3-9,16H,10-15H2,1-2H3,(H,23,27). The summed E-state index contributed by atoms with van der Waals surface area (Å²) in [6.45, 7) is 5.52. The van der Waals surface area contributed by atoms with Crippen molar-refractivity contribution in [2.75, 3.05) is 45.2 Å². The zero-order valence-electron chi connectivity index (χ0n) is 16.5. The average Bonchev–Trinajstić information content (AvgIpc) is 2.73. The molecule has 2 aromatic carbocycles. The molecule has 1 aliphatic rings. The lowest BCUT2D eigenvalue weighted by Crippen LogP contribution is -2.50. The van der Waals surface area contributed by atoms with Crippen LogP contribution in [0.3, 0.4) is 0 Å². The van der Waals surface area contributed by atoms with Crippen molar-refractivity contribution in [3.63, 3.8) is 0 Å². The average molecular weight is 381 g/mol. The highest BCUT2D eigenvalue weighted by Crippen LogP contribution is 2.18. The van der Waals surface area contributed by atoms with Gasteiger partial charge >= 0.3 is 6.03 Å². The summed E-state index contributed by atoms with van der Waals surface area (Å²) in [5.74, 6) is 0.910. The van der Waals surface area contributed by atoms with Crippen molar-refractivity contribution in [2.24, 2.45) is 0 Å². The Morgan fingerprint density at radius 3 is 2.50 bits per heavy atom. The smallest absolute Gasteiger partial charge is 0.321 e. The highest BCUT2D eigenvalue weighted by atomic mass is 16.5. The van der Waals surface area contributed by atoms with Crippen LogP contribution in [0.15, 0.2) is 48.5 Å². The van der Waals surface area contributed by atoms with Gasteiger partial charge in [0.2, 0.25) is 0 Å². The minimum atomic E-state index is -0.120. The van der Waals surface area contributed by atoms with Crippen molar-refractivity contribution < 1.29 is 14.3 Å². The molecular formula is C22H27N3O3. The molecule has 0 aromatic heterocycles. The molecule has 0 saturated carbocycles. The third-order valence-electron chi connectivity index (χ3n) is 5.07. The predicted molar refractivity (Wildman–Crippen MR) is 110 cm³/mol. The van der Waals surface area contributed by atoms with Crippen LogP contribution in [0.2, 0.25) is 0 Å². The van der Waals surface area contributed by atoms with Crippen molar-refractivity contribution in [2.45, 2.75) is 13.3 Å². The van der Waals surface area contributed by atoms with Crippen LogP contribution >= 0.6 is 0 Å². The molecule has 1 saturated heterocycles. The number of hydrogen-bond acceptors (Lipinski definition) is 4. The molecule has 0 spiro atoms. The van der Waals surface area contributed by atoms with Crippen molar-refractivity contribution in [1.29, 1.82) is 0 Å². The molecule has 6 heteroatoms. The number of benzene rings is 2. The Balaban J connectivity index is 1.47. The fourth-order valence-electron chi connectivity index (χ4n) is 3.38. The molecule has 0 radical (unpaired) electrons. The van der Waals surface area contributed by atoms with Gasteiger partial charge in [0.25, 0.3) is 0 Å². The van der Waals surface area contributed by atoms with Crippen molar-refractivity contribution in [3.8, 4) is 5.75 Å². The molecule has 0 unspecified atom stereocenters. The van der Waals surface area contributed by atoms with Gasteiger partial charge in [-0.2, -0.15) is 0 Å². The van der Waals surface area contributed by atoms with Gasteiger partial charge in [-0.05, 0) is 37.1 Å². The molecule has 28 heavy (non-hydrogen) atoms. The number of para-hydroxylation sites is 1. The number of urea groups is 1. The van der Waals surface area contributed by atoms with Gasteiger partial charge in [0.05, 0.1) is 7.11 Å². The first-order valence-electron chi connectivity index (χ1n) is 9.58. The van der Waals surface area contributed by atoms with Gasteiger partial charge < -0.3 is 15.0 Å². The number of nitrogens with zero attached hydrogens (tertiary/aromatic N) is 2.